The second kappa shape index (κ2) is 28.2. The monoisotopic (exact) mass is 1080 g/mol. The van der Waals surface area contributed by atoms with Gasteiger partial charge < -0.3 is 51.5 Å². The lowest BCUT2D eigenvalue weighted by Gasteiger charge is -2.37. The average molecular weight is 1090 g/mol. The van der Waals surface area contributed by atoms with E-state index in [0.717, 1.165) is 11.1 Å². The van der Waals surface area contributed by atoms with E-state index in [1.807, 2.05) is 41.5 Å². The van der Waals surface area contributed by atoms with E-state index in [4.69, 9.17) is 0 Å². The fourth-order valence-electron chi connectivity index (χ4n) is 9.54. The Morgan fingerprint density at radius 3 is 1.19 bits per heavy atom. The van der Waals surface area contributed by atoms with Crippen molar-refractivity contribution in [2.45, 2.75) is 130 Å². The molecule has 3 aromatic rings. The van der Waals surface area contributed by atoms with Crippen molar-refractivity contribution in [2.24, 2.45) is 10.8 Å². The number of halogens is 2. The number of rotatable bonds is 24. The zero-order chi connectivity index (χ0) is 57.5. The van der Waals surface area contributed by atoms with Gasteiger partial charge in [-0.3, -0.25) is 38.4 Å². The van der Waals surface area contributed by atoms with Gasteiger partial charge in [-0.1, -0.05) is 65.8 Å². The molecule has 0 unspecified atom stereocenters. The second-order valence-electron chi connectivity index (χ2n) is 22.7. The largest absolute Gasteiger partial charge is 0.343 e. The number of likely N-dealkylation sites (N-methyl/N-ethyl adjacent to an activating group) is 2. The van der Waals surface area contributed by atoms with Crippen molar-refractivity contribution in [1.29, 1.82) is 0 Å². The summed E-state index contributed by atoms with van der Waals surface area (Å²) in [6.45, 7) is 15.6. The van der Waals surface area contributed by atoms with Crippen molar-refractivity contribution in [2.75, 3.05) is 66.5 Å². The summed E-state index contributed by atoms with van der Waals surface area (Å²) in [6, 6.07) is 14.2. The summed E-state index contributed by atoms with van der Waals surface area (Å²) in [5, 5.41) is 17.0. The van der Waals surface area contributed by atoms with Gasteiger partial charge in [0.15, 0.2) is 0 Å². The molecule has 2 fully saturated rings. The molecule has 0 bridgehead atoms. The Bertz CT molecular complexity index is 2380. The standard InChI is InChI=1S/C58H82F2N10O8/c1-37(61-9)51(73)65-49(57(3,4)5)55(77)69-29-11-13-45(69)35-67(31-27-39-15-23-43(59)24-16-39)47(71)33-63-53(75)41-19-21-42(22-20-41)54(76)64-34-48(72)68(32-28-40-17-25-44(60)26-18-40)36-46-14-12-30-70(46)56(78)50(58(6,7)8)66-52(74)38(2)62-10/h15-26,37-38,45-46,49-50,61-62H,11-14,27-36H2,1-10H3,(H,63,75)(H,64,76)(H,65,73)(H,66,74)/t37-,38-,45-,46-,49+,50+/m0/s1. The van der Waals surface area contributed by atoms with Crippen LogP contribution in [0.1, 0.15) is 113 Å². The van der Waals surface area contributed by atoms with Crippen LogP contribution >= 0.6 is 0 Å². The third-order valence-corrected chi connectivity index (χ3v) is 14.7. The van der Waals surface area contributed by atoms with Gasteiger partial charge in [-0.05, 0) is 137 Å². The average Bonchev–Trinajstić information content (AvgIpc) is 4.13. The third-order valence-electron chi connectivity index (χ3n) is 14.7. The molecule has 2 aliphatic rings. The molecule has 20 heteroatoms. The van der Waals surface area contributed by atoms with Crippen LogP contribution in [0.2, 0.25) is 0 Å². The lowest BCUT2D eigenvalue weighted by atomic mass is 9.85. The molecule has 6 atom stereocenters. The van der Waals surface area contributed by atoms with Crippen LogP contribution in [0.4, 0.5) is 8.78 Å². The Morgan fingerprint density at radius 2 is 0.885 bits per heavy atom. The van der Waals surface area contributed by atoms with Gasteiger partial charge in [0, 0.05) is 62.5 Å². The van der Waals surface area contributed by atoms with E-state index in [1.54, 1.807) is 71.8 Å². The molecule has 2 saturated heterocycles. The molecule has 2 aliphatic heterocycles. The predicted molar refractivity (Wildman–Crippen MR) is 294 cm³/mol. The van der Waals surface area contributed by atoms with Crippen LogP contribution in [0.25, 0.3) is 0 Å². The van der Waals surface area contributed by atoms with Crippen LogP contribution in [0.5, 0.6) is 0 Å². The third kappa shape index (κ3) is 17.6. The SMILES string of the molecule is CN[C@@H](C)C(=O)N[C@H](C(=O)N1CCC[C@H]1CN(CCc1ccc(F)cc1)C(=O)CNC(=O)c1ccc(C(=O)NCC(=O)N(CCc2ccc(F)cc2)C[C@@H]2CCCN2C(=O)[C@@H](NC(=O)[C@H](C)NC)C(C)(C)C)cc1)C(C)(C)C. The number of nitrogens with zero attached hydrogens (tertiary/aromatic N) is 4. The summed E-state index contributed by atoms with van der Waals surface area (Å²) in [5.41, 5.74) is 0.657. The quantitative estimate of drug-likeness (QED) is 0.0762. The van der Waals surface area contributed by atoms with Crippen molar-refractivity contribution in [3.63, 3.8) is 0 Å². The highest BCUT2D eigenvalue weighted by Crippen LogP contribution is 2.28. The maximum absolute atomic E-state index is 14.2. The maximum atomic E-state index is 14.2. The number of carbonyl (C=O) groups is 8. The molecule has 0 saturated carbocycles. The minimum atomic E-state index is -0.832. The van der Waals surface area contributed by atoms with Gasteiger partial charge in [-0.15, -0.1) is 0 Å². The Morgan fingerprint density at radius 1 is 0.551 bits per heavy atom. The molecule has 6 N–H and O–H groups in total. The van der Waals surface area contributed by atoms with E-state index >= 15 is 0 Å². The summed E-state index contributed by atoms with van der Waals surface area (Å²) in [6.07, 6.45) is 3.36. The molecule has 2 heterocycles. The van der Waals surface area contributed by atoms with Crippen LogP contribution < -0.4 is 31.9 Å². The first-order valence-electron chi connectivity index (χ1n) is 27.1. The van der Waals surface area contributed by atoms with Gasteiger partial charge in [-0.25, -0.2) is 8.78 Å². The Balaban J connectivity index is 1.23. The molecule has 78 heavy (non-hydrogen) atoms. The van der Waals surface area contributed by atoms with E-state index in [1.165, 1.54) is 48.5 Å². The summed E-state index contributed by atoms with van der Waals surface area (Å²) in [5.74, 6) is -3.90. The molecular weight excluding hydrogens is 1000 g/mol. The lowest BCUT2D eigenvalue weighted by Crippen LogP contribution is -2.59. The second-order valence-corrected chi connectivity index (χ2v) is 22.7. The van der Waals surface area contributed by atoms with Crippen LogP contribution in [0, 0.1) is 22.5 Å². The molecule has 0 aromatic heterocycles. The van der Waals surface area contributed by atoms with Gasteiger partial charge >= 0.3 is 0 Å². The van der Waals surface area contributed by atoms with Crippen molar-refractivity contribution >= 4 is 47.3 Å². The number of likely N-dealkylation sites (tertiary alicyclic amines) is 2. The molecule has 0 aliphatic carbocycles. The Hall–Kier alpha value is -6.80. The fourth-order valence-corrected chi connectivity index (χ4v) is 9.54. The first-order chi connectivity index (χ1) is 36.8. The first kappa shape index (κ1) is 62.0. The van der Waals surface area contributed by atoms with E-state index in [0.29, 0.717) is 51.6 Å². The fraction of sp³-hybridized carbons (Fsp3) is 0.552. The zero-order valence-electron chi connectivity index (χ0n) is 47.1. The summed E-state index contributed by atoms with van der Waals surface area (Å²) >= 11 is 0. The molecule has 0 radical (unpaired) electrons. The minimum Gasteiger partial charge on any atom is -0.343 e. The molecule has 5 rings (SSSR count). The summed E-state index contributed by atoms with van der Waals surface area (Å²) in [7, 11) is 3.32. The van der Waals surface area contributed by atoms with Gasteiger partial charge in [0.05, 0.1) is 25.2 Å². The van der Waals surface area contributed by atoms with E-state index in [-0.39, 0.29) is 86.1 Å². The smallest absolute Gasteiger partial charge is 0.251 e. The normalized spacial score (nSPS) is 17.1. The molecule has 0 spiro atoms. The molecule has 8 amide bonds. The highest BCUT2D eigenvalue weighted by atomic mass is 19.1. The zero-order valence-corrected chi connectivity index (χ0v) is 47.1. The molecule has 18 nitrogen and oxygen atoms in total. The highest BCUT2D eigenvalue weighted by Gasteiger charge is 2.42. The maximum Gasteiger partial charge on any atom is 0.251 e. The topological polar surface area (TPSA) is 222 Å². The number of amides is 8. The highest BCUT2D eigenvalue weighted by molar-refractivity contribution is 6.00. The van der Waals surface area contributed by atoms with Crippen LogP contribution in [-0.4, -0.2) is 170 Å². The molecular formula is C58H82F2N10O8. The van der Waals surface area contributed by atoms with Crippen molar-refractivity contribution in [1.82, 2.24) is 51.5 Å². The molecule has 426 valence electrons. The Labute approximate surface area is 458 Å². The molecule has 3 aromatic carbocycles. The van der Waals surface area contributed by atoms with Gasteiger partial charge in [-0.2, -0.15) is 0 Å². The number of hydrogen-bond donors (Lipinski definition) is 6. The van der Waals surface area contributed by atoms with Gasteiger partial charge in [0.1, 0.15) is 23.7 Å². The van der Waals surface area contributed by atoms with Crippen LogP contribution in [-0.2, 0) is 41.6 Å². The van der Waals surface area contributed by atoms with Crippen molar-refractivity contribution < 1.29 is 47.1 Å². The van der Waals surface area contributed by atoms with Crippen LogP contribution in [0.3, 0.4) is 0 Å². The number of benzene rings is 3. The predicted octanol–water partition coefficient (Wildman–Crippen LogP) is 3.83. The first-order valence-corrected chi connectivity index (χ1v) is 27.1. The van der Waals surface area contributed by atoms with Gasteiger partial charge in [0.25, 0.3) is 11.8 Å². The Kier molecular flexibility index (Phi) is 22.4. The van der Waals surface area contributed by atoms with E-state index in [2.05, 4.69) is 31.9 Å². The summed E-state index contributed by atoms with van der Waals surface area (Å²) < 4.78 is 27.6. The summed E-state index contributed by atoms with van der Waals surface area (Å²) in [4.78, 5) is 116. The number of hydrogen-bond acceptors (Lipinski definition) is 10. The number of nitrogens with one attached hydrogen (secondary N) is 6. The minimum absolute atomic E-state index is 0.159. The van der Waals surface area contributed by atoms with E-state index < -0.39 is 70.3 Å². The van der Waals surface area contributed by atoms with Crippen molar-refractivity contribution in [3.8, 4) is 0 Å². The van der Waals surface area contributed by atoms with Crippen LogP contribution in [0.15, 0.2) is 72.8 Å². The van der Waals surface area contributed by atoms with Crippen molar-refractivity contribution in [3.05, 3.63) is 107 Å². The lowest BCUT2D eigenvalue weighted by molar-refractivity contribution is -0.142. The number of carbonyl (C=O) groups excluding carboxylic acids is 8. The van der Waals surface area contributed by atoms with Gasteiger partial charge in [0.2, 0.25) is 35.4 Å². The van der Waals surface area contributed by atoms with E-state index in [9.17, 15) is 47.1 Å².